The topological polar surface area (TPSA) is 129 Å². The second-order valence-electron chi connectivity index (χ2n) is 6.61. The number of primary amides is 1. The van der Waals surface area contributed by atoms with Crippen molar-refractivity contribution in [3.05, 3.63) is 79.5 Å². The SMILES string of the molecule is CC1=C(C(N)=O)C(c2ccc([N+](=O)[O-])cc2)n2nc(-c3ccc(Cl)cc3Cl)nc2N1. The van der Waals surface area contributed by atoms with E-state index in [0.29, 0.717) is 38.6 Å². The maximum atomic E-state index is 12.2. The molecule has 3 aromatic rings. The maximum Gasteiger partial charge on any atom is 0.269 e. The summed E-state index contributed by atoms with van der Waals surface area (Å²) in [5.41, 5.74) is 7.51. The summed E-state index contributed by atoms with van der Waals surface area (Å²) < 4.78 is 1.51. The number of fused-ring (bicyclic) bond motifs is 1. The molecule has 1 aliphatic heterocycles. The molecule has 0 bridgehead atoms. The van der Waals surface area contributed by atoms with Gasteiger partial charge in [0.15, 0.2) is 5.82 Å². The van der Waals surface area contributed by atoms with Gasteiger partial charge in [-0.25, -0.2) is 4.68 Å². The minimum absolute atomic E-state index is 0.0681. The Labute approximate surface area is 180 Å². The van der Waals surface area contributed by atoms with E-state index in [1.165, 1.54) is 16.8 Å². The Hall–Kier alpha value is -3.43. The zero-order valence-electron chi connectivity index (χ0n) is 15.5. The van der Waals surface area contributed by atoms with Crippen molar-refractivity contribution in [1.82, 2.24) is 14.8 Å². The summed E-state index contributed by atoms with van der Waals surface area (Å²) in [6, 6.07) is 10.1. The van der Waals surface area contributed by atoms with Gasteiger partial charge in [0.1, 0.15) is 6.04 Å². The molecule has 0 fully saturated rings. The number of rotatable bonds is 4. The highest BCUT2D eigenvalue weighted by atomic mass is 35.5. The summed E-state index contributed by atoms with van der Waals surface area (Å²) >= 11 is 12.3. The molecule has 0 radical (unpaired) electrons. The molecule has 1 amide bonds. The van der Waals surface area contributed by atoms with E-state index in [9.17, 15) is 14.9 Å². The number of halogens is 2. The quantitative estimate of drug-likeness (QED) is 0.463. The van der Waals surface area contributed by atoms with Crippen molar-refractivity contribution < 1.29 is 9.72 Å². The second-order valence-corrected chi connectivity index (χ2v) is 7.45. The van der Waals surface area contributed by atoms with Crippen molar-refractivity contribution in [3.8, 4) is 11.4 Å². The number of nitro benzene ring substituents is 1. The lowest BCUT2D eigenvalue weighted by atomic mass is 9.95. The smallest absolute Gasteiger partial charge is 0.269 e. The first kappa shape index (κ1) is 19.9. The van der Waals surface area contributed by atoms with Crippen molar-refractivity contribution in [2.45, 2.75) is 13.0 Å². The van der Waals surface area contributed by atoms with Gasteiger partial charge in [0.25, 0.3) is 5.69 Å². The van der Waals surface area contributed by atoms with Crippen LogP contribution >= 0.6 is 23.2 Å². The number of nitro groups is 1. The van der Waals surface area contributed by atoms with E-state index in [2.05, 4.69) is 15.4 Å². The number of benzene rings is 2. The first-order chi connectivity index (χ1) is 14.3. The van der Waals surface area contributed by atoms with Crippen molar-refractivity contribution >= 4 is 40.7 Å². The van der Waals surface area contributed by atoms with E-state index in [0.717, 1.165) is 0 Å². The monoisotopic (exact) mass is 444 g/mol. The highest BCUT2D eigenvalue weighted by Crippen LogP contribution is 2.37. The Bertz CT molecular complexity index is 1220. The fourth-order valence-electron chi connectivity index (χ4n) is 3.34. The number of nitrogens with two attached hydrogens (primary N) is 1. The predicted molar refractivity (Wildman–Crippen MR) is 112 cm³/mol. The highest BCUT2D eigenvalue weighted by molar-refractivity contribution is 6.36. The van der Waals surface area contributed by atoms with Crippen LogP contribution in [0.4, 0.5) is 11.6 Å². The lowest BCUT2D eigenvalue weighted by Crippen LogP contribution is -2.31. The molecule has 1 unspecified atom stereocenters. The Balaban J connectivity index is 1.87. The van der Waals surface area contributed by atoms with Crippen LogP contribution in [0.2, 0.25) is 10.0 Å². The lowest BCUT2D eigenvalue weighted by molar-refractivity contribution is -0.384. The van der Waals surface area contributed by atoms with Crippen LogP contribution in [0.25, 0.3) is 11.4 Å². The van der Waals surface area contributed by atoms with Gasteiger partial charge in [0.05, 0.1) is 15.5 Å². The molecule has 11 heteroatoms. The second kappa shape index (κ2) is 7.43. The van der Waals surface area contributed by atoms with Crippen molar-refractivity contribution in [1.29, 1.82) is 0 Å². The van der Waals surface area contributed by atoms with Crippen molar-refractivity contribution in [2.24, 2.45) is 5.73 Å². The number of hydrogen-bond acceptors (Lipinski definition) is 6. The van der Waals surface area contributed by atoms with Crippen LogP contribution < -0.4 is 11.1 Å². The first-order valence-corrected chi connectivity index (χ1v) is 9.45. The van der Waals surface area contributed by atoms with Crippen molar-refractivity contribution in [3.63, 3.8) is 0 Å². The standard InChI is InChI=1S/C19H14Cl2N6O3/c1-9-15(17(22)28)16(10-2-5-12(6-3-10)27(29)30)26-19(23-9)24-18(25-26)13-7-4-11(20)8-14(13)21/h2-8,16H,1H3,(H2,22,28)(H,23,24,25). The molecule has 152 valence electrons. The van der Waals surface area contributed by atoms with Gasteiger partial charge < -0.3 is 11.1 Å². The van der Waals surface area contributed by atoms with E-state index in [1.807, 2.05) is 0 Å². The fraction of sp³-hybridized carbons (Fsp3) is 0.105. The Kier molecular flexibility index (Phi) is 4.92. The molecule has 2 aromatic carbocycles. The molecule has 1 aliphatic rings. The van der Waals surface area contributed by atoms with Crippen LogP contribution in [-0.2, 0) is 4.79 Å². The Morgan fingerprint density at radius 1 is 1.23 bits per heavy atom. The van der Waals surface area contributed by atoms with Gasteiger partial charge >= 0.3 is 0 Å². The molecule has 0 aliphatic carbocycles. The van der Waals surface area contributed by atoms with Gasteiger partial charge in [-0.05, 0) is 42.8 Å². The number of anilines is 1. The normalized spacial score (nSPS) is 15.5. The molecule has 1 atom stereocenters. The van der Waals surface area contributed by atoms with Gasteiger partial charge in [-0.1, -0.05) is 23.2 Å². The molecule has 0 spiro atoms. The van der Waals surface area contributed by atoms with Crippen LogP contribution in [0, 0.1) is 10.1 Å². The van der Waals surface area contributed by atoms with Gasteiger partial charge in [-0.3, -0.25) is 14.9 Å². The molecule has 4 rings (SSSR count). The third kappa shape index (κ3) is 3.38. The van der Waals surface area contributed by atoms with E-state index >= 15 is 0 Å². The van der Waals surface area contributed by atoms with Crippen LogP contribution in [-0.4, -0.2) is 25.6 Å². The third-order valence-corrected chi connectivity index (χ3v) is 5.26. The molecule has 30 heavy (non-hydrogen) atoms. The molecule has 9 nitrogen and oxygen atoms in total. The summed E-state index contributed by atoms with van der Waals surface area (Å²) in [5, 5.41) is 19.4. The molecule has 0 saturated heterocycles. The number of nitrogens with one attached hydrogen (secondary N) is 1. The lowest BCUT2D eigenvalue weighted by Gasteiger charge is -2.27. The summed E-state index contributed by atoms with van der Waals surface area (Å²) in [7, 11) is 0. The molecular formula is C19H14Cl2N6O3. The summed E-state index contributed by atoms with van der Waals surface area (Å²) in [6.07, 6.45) is 0. The largest absolute Gasteiger partial charge is 0.366 e. The summed E-state index contributed by atoms with van der Waals surface area (Å²) in [4.78, 5) is 27.2. The predicted octanol–water partition coefficient (Wildman–Crippen LogP) is 3.93. The number of amides is 1. The number of nitrogens with zero attached hydrogens (tertiary/aromatic N) is 4. The Morgan fingerprint density at radius 2 is 1.93 bits per heavy atom. The zero-order valence-corrected chi connectivity index (χ0v) is 17.0. The van der Waals surface area contributed by atoms with Gasteiger partial charge in [0.2, 0.25) is 11.9 Å². The molecule has 0 saturated carbocycles. The number of aromatic nitrogens is 3. The van der Waals surface area contributed by atoms with E-state index in [4.69, 9.17) is 28.9 Å². The summed E-state index contributed by atoms with van der Waals surface area (Å²) in [5.74, 6) is 0.0575. The van der Waals surface area contributed by atoms with Crippen LogP contribution in [0.1, 0.15) is 18.5 Å². The average Bonchev–Trinajstić information content (AvgIpc) is 3.09. The maximum absolute atomic E-state index is 12.2. The number of hydrogen-bond donors (Lipinski definition) is 2. The number of non-ortho nitro benzene ring substituents is 1. The van der Waals surface area contributed by atoms with Gasteiger partial charge in [0, 0.05) is 28.4 Å². The van der Waals surface area contributed by atoms with Crippen LogP contribution in [0.15, 0.2) is 53.7 Å². The average molecular weight is 445 g/mol. The van der Waals surface area contributed by atoms with E-state index < -0.39 is 16.9 Å². The van der Waals surface area contributed by atoms with Gasteiger partial charge in [-0.15, -0.1) is 5.10 Å². The zero-order chi connectivity index (χ0) is 21.6. The van der Waals surface area contributed by atoms with E-state index in [1.54, 1.807) is 37.3 Å². The number of carbonyl (C=O) groups is 1. The molecule has 1 aromatic heterocycles. The minimum atomic E-state index is -0.716. The van der Waals surface area contributed by atoms with Crippen molar-refractivity contribution in [2.75, 3.05) is 5.32 Å². The Morgan fingerprint density at radius 3 is 2.53 bits per heavy atom. The minimum Gasteiger partial charge on any atom is -0.366 e. The molecule has 2 heterocycles. The molecular weight excluding hydrogens is 431 g/mol. The van der Waals surface area contributed by atoms with Crippen LogP contribution in [0.5, 0.6) is 0 Å². The highest BCUT2D eigenvalue weighted by Gasteiger charge is 2.33. The molecule has 3 N–H and O–H groups in total. The van der Waals surface area contributed by atoms with E-state index in [-0.39, 0.29) is 11.3 Å². The van der Waals surface area contributed by atoms with Crippen LogP contribution in [0.3, 0.4) is 0 Å². The number of allylic oxidation sites excluding steroid dienone is 1. The number of carbonyl (C=O) groups excluding carboxylic acids is 1. The fourth-order valence-corrected chi connectivity index (χ4v) is 3.83. The van der Waals surface area contributed by atoms with Gasteiger partial charge in [-0.2, -0.15) is 4.98 Å². The third-order valence-electron chi connectivity index (χ3n) is 4.71. The summed E-state index contributed by atoms with van der Waals surface area (Å²) in [6.45, 7) is 1.70. The first-order valence-electron chi connectivity index (χ1n) is 8.70.